The van der Waals surface area contributed by atoms with E-state index < -0.39 is 15.9 Å². The van der Waals surface area contributed by atoms with Crippen molar-refractivity contribution in [3.05, 3.63) is 59.3 Å². The van der Waals surface area contributed by atoms with Gasteiger partial charge in [0.2, 0.25) is 10.0 Å². The normalized spacial score (nSPS) is 16.5. The second-order valence-corrected chi connectivity index (χ2v) is 11.8. The largest absolute Gasteiger partial charge is 0.393 e. The number of aliphatic hydroxyl groups excluding tert-OH is 1. The lowest BCUT2D eigenvalue weighted by molar-refractivity contribution is 0.100. The van der Waals surface area contributed by atoms with Gasteiger partial charge in [0.15, 0.2) is 0 Å². The van der Waals surface area contributed by atoms with Crippen LogP contribution in [0.15, 0.2) is 42.6 Å². The van der Waals surface area contributed by atoms with Gasteiger partial charge in [-0.3, -0.25) is 4.79 Å². The average molecular weight is 498 g/mol. The number of aromatic nitrogens is 1. The zero-order chi connectivity index (χ0) is 25.2. The highest BCUT2D eigenvalue weighted by Gasteiger charge is 2.29. The van der Waals surface area contributed by atoms with Gasteiger partial charge < -0.3 is 15.8 Å². The van der Waals surface area contributed by atoms with E-state index in [-0.39, 0.29) is 17.8 Å². The highest BCUT2D eigenvalue weighted by Crippen LogP contribution is 2.37. The van der Waals surface area contributed by atoms with Crippen molar-refractivity contribution in [1.82, 2.24) is 9.29 Å². The van der Waals surface area contributed by atoms with Crippen molar-refractivity contribution in [3.63, 3.8) is 0 Å². The Hall–Kier alpha value is -2.68. The molecule has 1 atom stereocenters. The van der Waals surface area contributed by atoms with Crippen LogP contribution in [-0.4, -0.2) is 53.7 Å². The topological polar surface area (TPSA) is 116 Å². The third-order valence-electron chi connectivity index (χ3n) is 7.09. The molecule has 0 aliphatic carbocycles. The van der Waals surface area contributed by atoms with E-state index in [4.69, 9.17) is 5.73 Å². The zero-order valence-corrected chi connectivity index (χ0v) is 21.3. The number of aromatic amines is 1. The molecule has 1 amide bonds. The van der Waals surface area contributed by atoms with Crippen LogP contribution in [0.3, 0.4) is 0 Å². The van der Waals surface area contributed by atoms with E-state index in [1.54, 1.807) is 18.2 Å². The van der Waals surface area contributed by atoms with Crippen molar-refractivity contribution >= 4 is 26.8 Å². The van der Waals surface area contributed by atoms with Gasteiger partial charge in [-0.1, -0.05) is 24.3 Å². The summed E-state index contributed by atoms with van der Waals surface area (Å²) in [7, 11) is -3.18. The van der Waals surface area contributed by atoms with Gasteiger partial charge >= 0.3 is 0 Å². The molecule has 35 heavy (non-hydrogen) atoms. The summed E-state index contributed by atoms with van der Waals surface area (Å²) < 4.78 is 26.1. The zero-order valence-electron chi connectivity index (χ0n) is 20.5. The summed E-state index contributed by atoms with van der Waals surface area (Å²) in [5.74, 6) is -0.161. The number of aryl methyl sites for hydroxylation is 1. The number of hydrogen-bond donors (Lipinski definition) is 3. The summed E-state index contributed by atoms with van der Waals surface area (Å²) in [6, 6.07) is 12.2. The van der Waals surface area contributed by atoms with Gasteiger partial charge in [-0.15, -0.1) is 0 Å². The summed E-state index contributed by atoms with van der Waals surface area (Å²) in [4.78, 5) is 15.6. The maximum atomic E-state index is 12.3. The van der Waals surface area contributed by atoms with Crippen molar-refractivity contribution in [2.24, 2.45) is 5.73 Å². The molecular weight excluding hydrogens is 462 g/mol. The summed E-state index contributed by atoms with van der Waals surface area (Å²) >= 11 is 0. The minimum atomic E-state index is -3.18. The first kappa shape index (κ1) is 25.4. The number of nitrogens with zero attached hydrogens (tertiary/aromatic N) is 1. The Bertz CT molecular complexity index is 1310. The molecule has 2 heterocycles. The van der Waals surface area contributed by atoms with Crippen molar-refractivity contribution in [2.45, 2.75) is 58.0 Å². The number of rotatable bonds is 9. The van der Waals surface area contributed by atoms with Crippen LogP contribution in [0.5, 0.6) is 0 Å². The minimum absolute atomic E-state index is 0.119. The molecule has 0 bridgehead atoms. The Labute approximate surface area is 207 Å². The maximum absolute atomic E-state index is 12.3. The molecule has 1 fully saturated rings. The van der Waals surface area contributed by atoms with E-state index in [1.807, 2.05) is 24.4 Å². The van der Waals surface area contributed by atoms with Crippen molar-refractivity contribution in [3.8, 4) is 11.1 Å². The first-order chi connectivity index (χ1) is 16.7. The third-order valence-corrected chi connectivity index (χ3v) is 8.97. The first-order valence-electron chi connectivity index (χ1n) is 12.4. The van der Waals surface area contributed by atoms with Crippen LogP contribution < -0.4 is 5.73 Å². The SMILES string of the molecule is CCS(=O)(=O)N1CCC(c2c[nH]c3c(C(N)=O)cc(-c4cccc(CCC[C@H](C)O)c4)cc23)CC1. The van der Waals surface area contributed by atoms with Gasteiger partial charge in [0.05, 0.1) is 22.9 Å². The predicted octanol–water partition coefficient (Wildman–Crippen LogP) is 4.17. The molecule has 3 aromatic rings. The summed E-state index contributed by atoms with van der Waals surface area (Å²) in [6.07, 6.45) is 5.65. The van der Waals surface area contributed by atoms with E-state index in [0.717, 1.165) is 59.7 Å². The molecule has 4 N–H and O–H groups in total. The number of carbonyl (C=O) groups excluding carboxylic acids is 1. The van der Waals surface area contributed by atoms with E-state index in [1.165, 1.54) is 5.56 Å². The first-order valence-corrected chi connectivity index (χ1v) is 14.0. The Morgan fingerprint density at radius 3 is 2.60 bits per heavy atom. The molecule has 0 radical (unpaired) electrons. The second-order valence-electron chi connectivity index (χ2n) is 9.57. The summed E-state index contributed by atoms with van der Waals surface area (Å²) in [6.45, 7) is 4.49. The maximum Gasteiger partial charge on any atom is 0.250 e. The number of benzene rings is 2. The number of hydrogen-bond acceptors (Lipinski definition) is 4. The van der Waals surface area contributed by atoms with Crippen LogP contribution in [0, 0.1) is 0 Å². The molecule has 4 rings (SSSR count). The monoisotopic (exact) mass is 497 g/mol. The van der Waals surface area contributed by atoms with Crippen LogP contribution in [0.25, 0.3) is 22.0 Å². The number of nitrogens with one attached hydrogen (secondary N) is 1. The Morgan fingerprint density at radius 1 is 1.20 bits per heavy atom. The van der Waals surface area contributed by atoms with Crippen LogP contribution in [0.1, 0.15) is 66.9 Å². The quantitative estimate of drug-likeness (QED) is 0.411. The molecule has 8 heteroatoms. The fourth-order valence-corrected chi connectivity index (χ4v) is 6.22. The standard InChI is InChI=1S/C27H35N3O4S/c1-3-35(33,34)30-12-10-20(11-13-30)25-17-29-26-23(25)15-22(16-24(26)27(28)32)21-9-5-8-19(14-21)7-4-6-18(2)31/h5,8-9,14-18,20,29,31H,3-4,6-7,10-13H2,1-2H3,(H2,28,32)/t18-/m0/s1. The summed E-state index contributed by atoms with van der Waals surface area (Å²) in [5.41, 5.74) is 11.2. The van der Waals surface area contributed by atoms with Crippen molar-refractivity contribution in [1.29, 1.82) is 0 Å². The van der Waals surface area contributed by atoms with Crippen molar-refractivity contribution in [2.75, 3.05) is 18.8 Å². The number of nitrogens with two attached hydrogens (primary N) is 1. The molecule has 1 aliphatic rings. The lowest BCUT2D eigenvalue weighted by atomic mass is 9.88. The van der Waals surface area contributed by atoms with Gasteiger partial charge in [0.1, 0.15) is 0 Å². The molecule has 1 aromatic heterocycles. The molecule has 2 aromatic carbocycles. The van der Waals surface area contributed by atoms with Gasteiger partial charge in [0, 0.05) is 24.7 Å². The Balaban J connectivity index is 1.66. The van der Waals surface area contributed by atoms with E-state index in [2.05, 4.69) is 23.2 Å². The fraction of sp³-hybridized carbons (Fsp3) is 0.444. The highest BCUT2D eigenvalue weighted by atomic mass is 32.2. The number of aliphatic hydroxyl groups is 1. The molecular formula is C27H35N3O4S. The smallest absolute Gasteiger partial charge is 0.250 e. The molecule has 1 saturated heterocycles. The number of amides is 1. The van der Waals surface area contributed by atoms with E-state index in [9.17, 15) is 18.3 Å². The number of fused-ring (bicyclic) bond motifs is 1. The fourth-order valence-electron chi connectivity index (χ4n) is 5.09. The number of H-pyrrole nitrogens is 1. The average Bonchev–Trinajstić information content (AvgIpc) is 3.27. The second kappa shape index (κ2) is 10.5. The summed E-state index contributed by atoms with van der Waals surface area (Å²) in [5, 5.41) is 10.5. The minimum Gasteiger partial charge on any atom is -0.393 e. The number of sulfonamides is 1. The third kappa shape index (κ3) is 5.60. The highest BCUT2D eigenvalue weighted by molar-refractivity contribution is 7.89. The van der Waals surface area contributed by atoms with E-state index in [0.29, 0.717) is 18.7 Å². The van der Waals surface area contributed by atoms with Crippen LogP contribution >= 0.6 is 0 Å². The lowest BCUT2D eigenvalue weighted by Gasteiger charge is -2.31. The van der Waals surface area contributed by atoms with Gasteiger partial charge in [0.25, 0.3) is 5.91 Å². The van der Waals surface area contributed by atoms with Crippen LogP contribution in [0.2, 0.25) is 0 Å². The lowest BCUT2D eigenvalue weighted by Crippen LogP contribution is -2.38. The molecule has 7 nitrogen and oxygen atoms in total. The number of piperidine rings is 1. The predicted molar refractivity (Wildman–Crippen MR) is 140 cm³/mol. The molecule has 1 aliphatic heterocycles. The van der Waals surface area contributed by atoms with Gasteiger partial charge in [-0.05, 0) is 86.3 Å². The Morgan fingerprint density at radius 2 is 1.94 bits per heavy atom. The molecule has 0 saturated carbocycles. The van der Waals surface area contributed by atoms with Crippen LogP contribution in [-0.2, 0) is 16.4 Å². The van der Waals surface area contributed by atoms with Crippen molar-refractivity contribution < 1.29 is 18.3 Å². The number of carbonyl (C=O) groups is 1. The van der Waals surface area contributed by atoms with Gasteiger partial charge in [-0.2, -0.15) is 0 Å². The molecule has 0 spiro atoms. The number of primary amides is 1. The van der Waals surface area contributed by atoms with E-state index >= 15 is 0 Å². The van der Waals surface area contributed by atoms with Crippen LogP contribution in [0.4, 0.5) is 0 Å². The Kier molecular flexibility index (Phi) is 7.64. The van der Waals surface area contributed by atoms with Gasteiger partial charge in [-0.25, -0.2) is 12.7 Å². The molecule has 188 valence electrons. The molecule has 0 unspecified atom stereocenters.